The lowest BCUT2D eigenvalue weighted by Gasteiger charge is -2.40. The van der Waals surface area contributed by atoms with Crippen molar-refractivity contribution in [3.63, 3.8) is 0 Å². The van der Waals surface area contributed by atoms with Crippen LogP contribution in [0.5, 0.6) is 11.5 Å². The molecule has 4 aliphatic rings. The molecule has 3 aromatic heterocycles. The van der Waals surface area contributed by atoms with Crippen LogP contribution < -0.4 is 35.8 Å². The largest absolute Gasteiger partial charge is 0.508 e. The van der Waals surface area contributed by atoms with Crippen molar-refractivity contribution in [1.29, 1.82) is 0 Å². The topological polar surface area (TPSA) is 332 Å². The highest BCUT2D eigenvalue weighted by Crippen LogP contribution is 2.32. The Balaban J connectivity index is 0.000000233. The van der Waals surface area contributed by atoms with Crippen LogP contribution >= 0.6 is 0 Å². The SMILES string of the molecule is COCCN(C)c1nc(NC2COC2)cc(C(=O)NC[C@@H](O)[C@@H]2Cc3ccc(O)cc3CN2C(=O)OC(C)(C)C)n1.COCCN(C)c1nc(NC2COC2)cc(C(=O)NC[C@@H](O)[C@@H]2Cc3ccc(OCc4ocnc4C)cc3CN2C(=O)OC(C)(C)C)n1. The van der Waals surface area contributed by atoms with Gasteiger partial charge in [-0.3, -0.25) is 19.4 Å². The molecular weight excluding hydrogens is 1150 g/mol. The normalized spacial score (nSPS) is 17.2. The zero-order valence-electron chi connectivity index (χ0n) is 52.5. The van der Waals surface area contributed by atoms with Gasteiger partial charge < -0.3 is 84.0 Å². The van der Waals surface area contributed by atoms with Crippen molar-refractivity contribution in [2.24, 2.45) is 0 Å². The van der Waals surface area contributed by atoms with Gasteiger partial charge in [-0.15, -0.1) is 0 Å². The van der Waals surface area contributed by atoms with Crippen molar-refractivity contribution in [3.05, 3.63) is 100 Å². The molecule has 484 valence electrons. The van der Waals surface area contributed by atoms with Crippen LogP contribution in [0.15, 0.2) is 59.3 Å². The number of ether oxygens (including phenoxy) is 7. The summed E-state index contributed by atoms with van der Waals surface area (Å²) in [6, 6.07) is 12.6. The van der Waals surface area contributed by atoms with Crippen molar-refractivity contribution in [2.45, 2.75) is 129 Å². The molecule has 0 saturated carbocycles. The van der Waals surface area contributed by atoms with E-state index in [9.17, 15) is 34.5 Å². The summed E-state index contributed by atoms with van der Waals surface area (Å²) >= 11 is 0. The van der Waals surface area contributed by atoms with E-state index >= 15 is 0 Å². The quantitative estimate of drug-likeness (QED) is 0.0481. The number of aryl methyl sites for hydroxylation is 1. The van der Waals surface area contributed by atoms with Crippen LogP contribution in [0, 0.1) is 6.92 Å². The summed E-state index contributed by atoms with van der Waals surface area (Å²) in [5, 5.41) is 44.7. The number of hydrogen-bond donors (Lipinski definition) is 7. The standard InChI is InChI=1S/C33H45N7O8.C28H40N6O7/c1-20-28(47-19-35-20)18-46-24-8-7-21-12-26(40(15-22(21)11-24)32(43)48-33(2,3)4)27(41)14-34-30(42)25-13-29(36-23-16-45-17-23)38-31(37-25)39(5)9-10-44-6;1-28(2,3)41-27(38)34-14-18-10-20(35)7-6-17(18)11-22(34)23(36)13-29-25(37)21-12-24(30-19-15-40-16-19)32-26(31-21)33(4)8-9-39-5/h7-8,11,13,19,23,26-27,41H,9-10,12,14-18H2,1-6H3,(H,34,42)(H,36,37,38);6-7,10,12,19,22-23,35-36H,8-9,11,13-16H2,1-5H3,(H,29,37)(H,30,31,32)/t26-,27+;22-,23+/m00/s1. The van der Waals surface area contributed by atoms with Crippen molar-refractivity contribution < 1.29 is 72.1 Å². The number of carbonyl (C=O) groups excluding carboxylic acids is 4. The van der Waals surface area contributed by atoms with Gasteiger partial charge in [0.1, 0.15) is 52.3 Å². The minimum atomic E-state index is -1.12. The number of methoxy groups -OCH3 is 2. The van der Waals surface area contributed by atoms with E-state index in [1.54, 1.807) is 95.9 Å². The van der Waals surface area contributed by atoms with Gasteiger partial charge >= 0.3 is 12.2 Å². The van der Waals surface area contributed by atoms with Crippen LogP contribution in [0.3, 0.4) is 0 Å². The predicted octanol–water partition coefficient (Wildman–Crippen LogP) is 4.23. The van der Waals surface area contributed by atoms with Crippen LogP contribution in [0.2, 0.25) is 0 Å². The van der Waals surface area contributed by atoms with Crippen molar-refractivity contribution in [1.82, 2.24) is 45.4 Å². The molecule has 7 heterocycles. The molecular formula is C61H85N13O15. The third-order valence-corrected chi connectivity index (χ3v) is 14.8. The number of nitrogens with zero attached hydrogens (tertiary/aromatic N) is 9. The van der Waals surface area contributed by atoms with Gasteiger partial charge in [0, 0.05) is 79.7 Å². The summed E-state index contributed by atoms with van der Waals surface area (Å²) in [4.78, 5) is 81.8. The first kappa shape index (κ1) is 66.8. The van der Waals surface area contributed by atoms with E-state index in [0.717, 1.165) is 27.9 Å². The third kappa shape index (κ3) is 18.7. The van der Waals surface area contributed by atoms with E-state index in [0.29, 0.717) is 101 Å². The maximum Gasteiger partial charge on any atom is 0.410 e. The van der Waals surface area contributed by atoms with Crippen LogP contribution in [0.25, 0.3) is 0 Å². The van der Waals surface area contributed by atoms with Gasteiger partial charge in [-0.1, -0.05) is 12.1 Å². The lowest BCUT2D eigenvalue weighted by Crippen LogP contribution is -2.54. The number of amides is 4. The Kier molecular flexibility index (Phi) is 22.4. The first-order chi connectivity index (χ1) is 42.3. The van der Waals surface area contributed by atoms with Crippen molar-refractivity contribution in [2.75, 3.05) is 115 Å². The number of phenols is 1. The second-order valence-corrected chi connectivity index (χ2v) is 24.3. The number of rotatable bonds is 23. The maximum atomic E-state index is 13.4. The number of nitrogens with one attached hydrogen (secondary N) is 4. The van der Waals surface area contributed by atoms with Gasteiger partial charge in [-0.25, -0.2) is 24.5 Å². The Morgan fingerprint density at radius 2 is 1.12 bits per heavy atom. The number of aromatic nitrogens is 5. The van der Waals surface area contributed by atoms with E-state index in [1.165, 1.54) is 16.2 Å². The van der Waals surface area contributed by atoms with Gasteiger partial charge in [-0.2, -0.15) is 9.97 Å². The third-order valence-electron chi connectivity index (χ3n) is 14.8. The predicted molar refractivity (Wildman–Crippen MR) is 326 cm³/mol. The first-order valence-electron chi connectivity index (χ1n) is 29.6. The van der Waals surface area contributed by atoms with Gasteiger partial charge in [0.05, 0.1) is 81.7 Å². The Bertz CT molecular complexity index is 3220. The van der Waals surface area contributed by atoms with Crippen LogP contribution in [0.4, 0.5) is 33.1 Å². The zero-order chi connectivity index (χ0) is 64.2. The fourth-order valence-electron chi connectivity index (χ4n) is 9.76. The second kappa shape index (κ2) is 29.9. The molecule has 2 saturated heterocycles. The smallest absolute Gasteiger partial charge is 0.410 e. The molecule has 0 bridgehead atoms. The molecule has 5 aromatic rings. The number of likely N-dealkylation sites (N-methyl/N-ethyl adjacent to an activating group) is 2. The fraction of sp³-hybridized carbons (Fsp3) is 0.557. The van der Waals surface area contributed by atoms with E-state index in [4.69, 9.17) is 37.6 Å². The van der Waals surface area contributed by atoms with Crippen molar-refractivity contribution in [3.8, 4) is 11.5 Å². The highest BCUT2D eigenvalue weighted by atomic mass is 16.6. The fourth-order valence-corrected chi connectivity index (χ4v) is 9.76. The molecule has 0 spiro atoms. The average Bonchev–Trinajstić information content (AvgIpc) is 1.42. The molecule has 2 fully saturated rings. The van der Waals surface area contributed by atoms with E-state index in [1.807, 2.05) is 39.2 Å². The number of anilines is 4. The number of phenolic OH excluding ortho intramolecular Hbond substituents is 1. The van der Waals surface area contributed by atoms with Gasteiger partial charge in [0.15, 0.2) is 12.2 Å². The van der Waals surface area contributed by atoms with Crippen LogP contribution in [0.1, 0.15) is 96.2 Å². The summed E-state index contributed by atoms with van der Waals surface area (Å²) < 4.78 is 43.5. The number of benzene rings is 2. The summed E-state index contributed by atoms with van der Waals surface area (Å²) in [5.74, 6) is 2.02. The molecule has 7 N–H and O–H groups in total. The molecule has 2 aromatic carbocycles. The molecule has 89 heavy (non-hydrogen) atoms. The maximum absolute atomic E-state index is 13.4. The molecule has 0 aliphatic carbocycles. The molecule has 0 radical (unpaired) electrons. The van der Waals surface area contributed by atoms with E-state index in [2.05, 4.69) is 46.2 Å². The Hall–Kier alpha value is -8.15. The van der Waals surface area contributed by atoms with Crippen LogP contribution in [-0.4, -0.2) is 216 Å². The molecule has 28 nitrogen and oxygen atoms in total. The molecule has 4 atom stereocenters. The molecule has 4 amide bonds. The first-order valence-corrected chi connectivity index (χ1v) is 29.6. The molecule has 28 heteroatoms. The summed E-state index contributed by atoms with van der Waals surface area (Å²) in [6.07, 6.45) is -1.33. The van der Waals surface area contributed by atoms with E-state index < -0.39 is 59.5 Å². The minimum Gasteiger partial charge on any atom is -0.508 e. The number of aliphatic hydroxyl groups excluding tert-OH is 2. The average molecular weight is 1240 g/mol. The number of aromatic hydroxyl groups is 1. The number of hydrogen-bond acceptors (Lipinski definition) is 24. The number of carbonyl (C=O) groups is 4. The monoisotopic (exact) mass is 1240 g/mol. The Morgan fingerprint density at radius 3 is 1.54 bits per heavy atom. The van der Waals surface area contributed by atoms with Gasteiger partial charge in [0.25, 0.3) is 11.8 Å². The molecule has 0 unspecified atom stereocenters. The Labute approximate surface area is 517 Å². The lowest BCUT2D eigenvalue weighted by atomic mass is 9.91. The summed E-state index contributed by atoms with van der Waals surface area (Å²) in [6.45, 7) is 16.9. The number of aliphatic hydroxyl groups is 2. The highest BCUT2D eigenvalue weighted by molar-refractivity contribution is 5.94. The van der Waals surface area contributed by atoms with Crippen LogP contribution in [-0.2, 0) is 61.0 Å². The van der Waals surface area contributed by atoms with E-state index in [-0.39, 0.29) is 62.0 Å². The lowest BCUT2D eigenvalue weighted by molar-refractivity contribution is -0.0119. The molecule has 9 rings (SSSR count). The van der Waals surface area contributed by atoms with Crippen molar-refractivity contribution >= 4 is 47.5 Å². The second-order valence-electron chi connectivity index (χ2n) is 24.3. The van der Waals surface area contributed by atoms with Gasteiger partial charge in [0.2, 0.25) is 11.9 Å². The summed E-state index contributed by atoms with van der Waals surface area (Å²) in [5.41, 5.74) is 3.00. The number of fused-ring (bicyclic) bond motifs is 2. The minimum absolute atomic E-state index is 0.0860. The van der Waals surface area contributed by atoms with Gasteiger partial charge in [-0.05, 0) is 108 Å². The highest BCUT2D eigenvalue weighted by Gasteiger charge is 2.39. The number of oxazole rings is 1. The Morgan fingerprint density at radius 1 is 0.663 bits per heavy atom. The molecule has 4 aliphatic heterocycles. The summed E-state index contributed by atoms with van der Waals surface area (Å²) in [7, 11) is 6.83. The zero-order valence-corrected chi connectivity index (χ0v) is 52.5.